The van der Waals surface area contributed by atoms with Crippen LogP contribution >= 0.6 is 11.3 Å². The zero-order valence-electron chi connectivity index (χ0n) is 11.7. The molecule has 2 aromatic rings. The molecular weight excluding hydrogens is 256 g/mol. The molecule has 0 aliphatic carbocycles. The minimum atomic E-state index is 0.0845. The van der Waals surface area contributed by atoms with Gasteiger partial charge in [-0.15, -0.1) is 0 Å². The highest BCUT2D eigenvalue weighted by molar-refractivity contribution is 7.17. The molecule has 0 spiro atoms. The van der Waals surface area contributed by atoms with Gasteiger partial charge in [0.05, 0.1) is 10.6 Å². The van der Waals surface area contributed by atoms with Crippen molar-refractivity contribution in [1.29, 1.82) is 0 Å². The molecule has 4 heteroatoms. The molecule has 100 valence electrons. The average Bonchev–Trinajstić information content (AvgIpc) is 2.75. The van der Waals surface area contributed by atoms with Crippen LogP contribution in [0.25, 0.3) is 0 Å². The number of hydrogen-bond donors (Lipinski definition) is 0. The molecule has 0 atom stereocenters. The van der Waals surface area contributed by atoms with Crippen molar-refractivity contribution in [1.82, 2.24) is 4.98 Å². The highest BCUT2D eigenvalue weighted by atomic mass is 32.1. The van der Waals surface area contributed by atoms with Crippen LogP contribution in [0.1, 0.15) is 34.8 Å². The van der Waals surface area contributed by atoms with Crippen molar-refractivity contribution < 1.29 is 4.79 Å². The van der Waals surface area contributed by atoms with Crippen LogP contribution in [-0.4, -0.2) is 17.3 Å². The number of thiazole rings is 1. The van der Waals surface area contributed by atoms with Gasteiger partial charge in [0.2, 0.25) is 0 Å². The monoisotopic (exact) mass is 274 g/mol. The minimum absolute atomic E-state index is 0.0845. The Bertz CT molecular complexity index is 587. The minimum Gasteiger partial charge on any atom is -0.318 e. The van der Waals surface area contributed by atoms with E-state index in [2.05, 4.69) is 48.0 Å². The third-order valence-electron chi connectivity index (χ3n) is 3.00. The van der Waals surface area contributed by atoms with Gasteiger partial charge in [0.1, 0.15) is 0 Å². The van der Waals surface area contributed by atoms with Crippen molar-refractivity contribution in [2.75, 3.05) is 11.4 Å². The summed E-state index contributed by atoms with van der Waals surface area (Å²) in [6, 6.07) is 8.35. The van der Waals surface area contributed by atoms with E-state index >= 15 is 0 Å². The summed E-state index contributed by atoms with van der Waals surface area (Å²) in [5, 5.41) is 0.883. The Hall–Kier alpha value is -1.68. The van der Waals surface area contributed by atoms with E-state index in [1.54, 1.807) is 6.92 Å². The fraction of sp³-hybridized carbons (Fsp3) is 0.333. The molecular formula is C15H18N2OS. The Labute approximate surface area is 117 Å². The van der Waals surface area contributed by atoms with Gasteiger partial charge in [0.15, 0.2) is 10.9 Å². The summed E-state index contributed by atoms with van der Waals surface area (Å²) < 4.78 is 0. The molecule has 0 saturated carbocycles. The molecule has 1 heterocycles. The summed E-state index contributed by atoms with van der Waals surface area (Å²) in [4.78, 5) is 18.9. The Morgan fingerprint density at radius 1 is 1.26 bits per heavy atom. The van der Waals surface area contributed by atoms with Crippen molar-refractivity contribution in [2.24, 2.45) is 0 Å². The molecule has 0 aliphatic heterocycles. The molecule has 0 radical (unpaired) electrons. The number of carbonyl (C=O) groups is 1. The number of carbonyl (C=O) groups excluding carboxylic acids is 1. The number of rotatable bonds is 4. The quantitative estimate of drug-likeness (QED) is 0.786. The number of aryl methyl sites for hydroxylation is 2. The first-order valence-electron chi connectivity index (χ1n) is 6.35. The molecule has 0 unspecified atom stereocenters. The second-order valence-electron chi connectivity index (χ2n) is 4.55. The van der Waals surface area contributed by atoms with E-state index in [1.807, 2.05) is 6.92 Å². The second-order valence-corrected chi connectivity index (χ2v) is 5.52. The maximum absolute atomic E-state index is 11.5. The number of ketones is 1. The van der Waals surface area contributed by atoms with Crippen molar-refractivity contribution in [3.63, 3.8) is 0 Å². The highest BCUT2D eigenvalue weighted by Gasteiger charge is 2.16. The van der Waals surface area contributed by atoms with E-state index in [-0.39, 0.29) is 5.78 Å². The second kappa shape index (κ2) is 5.53. The first-order chi connectivity index (χ1) is 9.02. The van der Waals surface area contributed by atoms with E-state index in [1.165, 1.54) is 16.9 Å². The molecule has 0 saturated heterocycles. The van der Waals surface area contributed by atoms with Crippen molar-refractivity contribution >= 4 is 27.9 Å². The van der Waals surface area contributed by atoms with Crippen LogP contribution in [0, 0.1) is 13.8 Å². The van der Waals surface area contributed by atoms with Gasteiger partial charge in [-0.1, -0.05) is 29.0 Å². The van der Waals surface area contributed by atoms with E-state index in [4.69, 9.17) is 0 Å². The molecule has 2 rings (SSSR count). The lowest BCUT2D eigenvalue weighted by atomic mass is 10.2. The fourth-order valence-corrected chi connectivity index (χ4v) is 3.02. The Morgan fingerprint density at radius 3 is 2.37 bits per heavy atom. The zero-order valence-corrected chi connectivity index (χ0v) is 12.5. The summed E-state index contributed by atoms with van der Waals surface area (Å²) in [7, 11) is 0. The summed E-state index contributed by atoms with van der Waals surface area (Å²) in [6.45, 7) is 8.46. The molecule has 0 N–H and O–H groups in total. The van der Waals surface area contributed by atoms with Gasteiger partial charge in [-0.3, -0.25) is 4.79 Å². The third kappa shape index (κ3) is 2.84. The lowest BCUT2D eigenvalue weighted by Gasteiger charge is -2.19. The lowest BCUT2D eigenvalue weighted by molar-refractivity contribution is 0.102. The number of aromatic nitrogens is 1. The van der Waals surface area contributed by atoms with E-state index in [9.17, 15) is 4.79 Å². The van der Waals surface area contributed by atoms with Crippen LogP contribution in [0.5, 0.6) is 0 Å². The zero-order chi connectivity index (χ0) is 14.0. The van der Waals surface area contributed by atoms with Gasteiger partial charge >= 0.3 is 0 Å². The largest absolute Gasteiger partial charge is 0.318 e. The van der Waals surface area contributed by atoms with Crippen molar-refractivity contribution in [3.05, 3.63) is 40.4 Å². The lowest BCUT2D eigenvalue weighted by Crippen LogP contribution is -2.15. The molecule has 0 aliphatic rings. The standard InChI is InChI=1S/C15H18N2OS/c1-5-17(13-8-6-10(2)7-9-13)15-16-11(3)14(19-15)12(4)18/h6-9H,5H2,1-4H3. The topological polar surface area (TPSA) is 33.2 Å². The first kappa shape index (κ1) is 13.7. The molecule has 3 nitrogen and oxygen atoms in total. The molecule has 1 aromatic carbocycles. The van der Waals surface area contributed by atoms with Gasteiger partial charge in [0.25, 0.3) is 0 Å². The van der Waals surface area contributed by atoms with Crippen molar-refractivity contribution in [2.45, 2.75) is 27.7 Å². The average molecular weight is 274 g/mol. The maximum Gasteiger partial charge on any atom is 0.190 e. The number of Topliss-reactive ketones (excluding diaryl/α,β-unsaturated/α-hetero) is 1. The van der Waals surface area contributed by atoms with Crippen LogP contribution in [0.4, 0.5) is 10.8 Å². The molecule has 1 aromatic heterocycles. The summed E-state index contributed by atoms with van der Waals surface area (Å²) in [5.41, 5.74) is 3.16. The Balaban J connectivity index is 2.39. The van der Waals surface area contributed by atoms with Crippen LogP contribution in [0.3, 0.4) is 0 Å². The number of anilines is 2. The normalized spacial score (nSPS) is 10.5. The van der Waals surface area contributed by atoms with Crippen LogP contribution in [0.2, 0.25) is 0 Å². The number of hydrogen-bond acceptors (Lipinski definition) is 4. The maximum atomic E-state index is 11.5. The van der Waals surface area contributed by atoms with Gasteiger partial charge in [-0.2, -0.15) is 0 Å². The smallest absolute Gasteiger partial charge is 0.190 e. The molecule has 0 fully saturated rings. The number of nitrogens with zero attached hydrogens (tertiary/aromatic N) is 2. The molecule has 0 amide bonds. The Morgan fingerprint density at radius 2 is 1.89 bits per heavy atom. The SMILES string of the molecule is CCN(c1ccc(C)cc1)c1nc(C)c(C(C)=O)s1. The van der Waals surface area contributed by atoms with E-state index in [0.29, 0.717) is 0 Å². The first-order valence-corrected chi connectivity index (χ1v) is 7.17. The van der Waals surface area contributed by atoms with E-state index in [0.717, 1.165) is 27.9 Å². The van der Waals surface area contributed by atoms with Gasteiger partial charge in [0, 0.05) is 19.2 Å². The highest BCUT2D eigenvalue weighted by Crippen LogP contribution is 2.31. The predicted molar refractivity (Wildman–Crippen MR) is 80.7 cm³/mol. The summed E-state index contributed by atoms with van der Waals surface area (Å²) in [6.07, 6.45) is 0. The molecule has 19 heavy (non-hydrogen) atoms. The van der Waals surface area contributed by atoms with Crippen molar-refractivity contribution in [3.8, 4) is 0 Å². The van der Waals surface area contributed by atoms with Gasteiger partial charge in [-0.05, 0) is 32.9 Å². The third-order valence-corrected chi connectivity index (χ3v) is 4.28. The van der Waals surface area contributed by atoms with Gasteiger partial charge in [-0.25, -0.2) is 4.98 Å². The fourth-order valence-electron chi connectivity index (χ4n) is 1.98. The van der Waals surface area contributed by atoms with Crippen LogP contribution < -0.4 is 4.90 Å². The van der Waals surface area contributed by atoms with Crippen LogP contribution in [-0.2, 0) is 0 Å². The molecule has 0 bridgehead atoms. The van der Waals surface area contributed by atoms with Gasteiger partial charge < -0.3 is 4.90 Å². The number of benzene rings is 1. The Kier molecular flexibility index (Phi) is 4.00. The summed E-state index contributed by atoms with van der Waals surface area (Å²) in [5.74, 6) is 0.0845. The van der Waals surface area contributed by atoms with E-state index < -0.39 is 0 Å². The van der Waals surface area contributed by atoms with Crippen LogP contribution in [0.15, 0.2) is 24.3 Å². The summed E-state index contributed by atoms with van der Waals surface area (Å²) >= 11 is 1.46. The predicted octanol–water partition coefficient (Wildman–Crippen LogP) is 4.12.